The van der Waals surface area contributed by atoms with Crippen LogP contribution in [0.5, 0.6) is 0 Å². The first-order valence-electron chi connectivity index (χ1n) is 9.45. The van der Waals surface area contributed by atoms with Gasteiger partial charge in [0.05, 0.1) is 17.9 Å². The van der Waals surface area contributed by atoms with Gasteiger partial charge in [0.2, 0.25) is 11.8 Å². The number of carbonyl (C=O) groups is 3. The zero-order valence-electron chi connectivity index (χ0n) is 15.2. The number of thiazole rings is 1. The van der Waals surface area contributed by atoms with Crippen LogP contribution >= 0.6 is 11.3 Å². The van der Waals surface area contributed by atoms with E-state index >= 15 is 0 Å². The van der Waals surface area contributed by atoms with E-state index in [0.29, 0.717) is 31.6 Å². The highest BCUT2D eigenvalue weighted by Gasteiger charge is 2.52. The second kappa shape index (κ2) is 6.67. The zero-order valence-corrected chi connectivity index (χ0v) is 16.0. The van der Waals surface area contributed by atoms with Crippen molar-refractivity contribution in [3.05, 3.63) is 53.6 Å². The van der Waals surface area contributed by atoms with E-state index in [2.05, 4.69) is 4.98 Å². The van der Waals surface area contributed by atoms with Crippen LogP contribution < -0.4 is 0 Å². The number of allylic oxidation sites excluding steroid dienone is 2. The van der Waals surface area contributed by atoms with Crippen molar-refractivity contribution in [2.45, 2.75) is 18.9 Å². The average molecular weight is 393 g/mol. The van der Waals surface area contributed by atoms with Crippen LogP contribution in [0.25, 0.3) is 10.6 Å². The van der Waals surface area contributed by atoms with Gasteiger partial charge in [0, 0.05) is 24.0 Å². The fourth-order valence-electron chi connectivity index (χ4n) is 4.22. The van der Waals surface area contributed by atoms with Crippen molar-refractivity contribution < 1.29 is 14.4 Å². The maximum absolute atomic E-state index is 12.7. The van der Waals surface area contributed by atoms with Crippen LogP contribution in [0.3, 0.4) is 0 Å². The minimum Gasteiger partial charge on any atom is -0.333 e. The van der Waals surface area contributed by atoms with Gasteiger partial charge in [-0.2, -0.15) is 0 Å². The van der Waals surface area contributed by atoms with E-state index in [0.717, 1.165) is 10.6 Å². The number of carbonyl (C=O) groups excluding carboxylic acids is 3. The number of hydrogen-bond acceptors (Lipinski definition) is 5. The Morgan fingerprint density at radius 1 is 1.00 bits per heavy atom. The van der Waals surface area contributed by atoms with Gasteiger partial charge in [0.1, 0.15) is 10.7 Å². The SMILES string of the molecule is O=C(c1csc(-c2ccccc2)n1)N1CC(N2C(=O)C3CC=CCC3C2=O)C1. The molecule has 6 nitrogen and oxygen atoms in total. The molecule has 3 amide bonds. The molecular formula is C21H19N3O3S. The normalized spacial score (nSPS) is 24.4. The molecule has 3 heterocycles. The first kappa shape index (κ1) is 17.3. The van der Waals surface area contributed by atoms with Gasteiger partial charge in [0.25, 0.3) is 5.91 Å². The molecule has 0 saturated carbocycles. The van der Waals surface area contributed by atoms with E-state index in [4.69, 9.17) is 0 Å². The van der Waals surface area contributed by atoms with Gasteiger partial charge in [-0.25, -0.2) is 4.98 Å². The minimum atomic E-state index is -0.214. The molecule has 1 aliphatic carbocycles. The highest BCUT2D eigenvalue weighted by Crippen LogP contribution is 2.37. The molecule has 28 heavy (non-hydrogen) atoms. The largest absolute Gasteiger partial charge is 0.333 e. The topological polar surface area (TPSA) is 70.6 Å². The van der Waals surface area contributed by atoms with E-state index in [1.165, 1.54) is 16.2 Å². The fraction of sp³-hybridized carbons (Fsp3) is 0.333. The van der Waals surface area contributed by atoms with Gasteiger partial charge >= 0.3 is 0 Å². The van der Waals surface area contributed by atoms with Crippen LogP contribution in [-0.2, 0) is 9.59 Å². The zero-order chi connectivity index (χ0) is 19.3. The van der Waals surface area contributed by atoms with Crippen LogP contribution in [0, 0.1) is 11.8 Å². The lowest BCUT2D eigenvalue weighted by atomic mass is 9.85. The summed E-state index contributed by atoms with van der Waals surface area (Å²) < 4.78 is 0. The molecule has 7 heteroatoms. The van der Waals surface area contributed by atoms with Crippen molar-refractivity contribution >= 4 is 29.1 Å². The van der Waals surface area contributed by atoms with Gasteiger partial charge in [-0.05, 0) is 12.8 Å². The molecule has 2 aromatic rings. The molecular weight excluding hydrogens is 374 g/mol. The van der Waals surface area contributed by atoms with E-state index in [1.54, 1.807) is 10.3 Å². The third kappa shape index (κ3) is 2.69. The predicted molar refractivity (Wildman–Crippen MR) is 104 cm³/mol. The molecule has 2 fully saturated rings. The van der Waals surface area contributed by atoms with Gasteiger partial charge in [-0.1, -0.05) is 42.5 Å². The Labute approximate surface area is 166 Å². The molecule has 1 aromatic heterocycles. The lowest BCUT2D eigenvalue weighted by molar-refractivity contribution is -0.145. The first-order valence-corrected chi connectivity index (χ1v) is 10.3. The molecule has 0 spiro atoms. The number of aromatic nitrogens is 1. The van der Waals surface area contributed by atoms with Crippen molar-refractivity contribution in [3.8, 4) is 10.6 Å². The standard InChI is InChI=1S/C21H19N3O3S/c25-19-15-8-4-5-9-16(15)20(26)24(19)14-10-23(11-14)21(27)17-12-28-18(22-17)13-6-2-1-3-7-13/h1-7,12,14-16H,8-11H2. The molecule has 2 saturated heterocycles. The third-order valence-electron chi connectivity index (χ3n) is 5.80. The number of rotatable bonds is 3. The molecule has 2 aliphatic heterocycles. The molecule has 5 rings (SSSR count). The summed E-state index contributed by atoms with van der Waals surface area (Å²) in [5.41, 5.74) is 1.40. The summed E-state index contributed by atoms with van der Waals surface area (Å²) in [4.78, 5) is 45.6. The third-order valence-corrected chi connectivity index (χ3v) is 6.69. The Morgan fingerprint density at radius 2 is 1.64 bits per heavy atom. The molecule has 2 atom stereocenters. The molecule has 2 unspecified atom stereocenters. The quantitative estimate of drug-likeness (QED) is 0.594. The van der Waals surface area contributed by atoms with Gasteiger partial charge in [-0.3, -0.25) is 19.3 Å². The lowest BCUT2D eigenvalue weighted by Gasteiger charge is -2.42. The molecule has 3 aliphatic rings. The van der Waals surface area contributed by atoms with E-state index < -0.39 is 0 Å². The smallest absolute Gasteiger partial charge is 0.273 e. The number of amides is 3. The maximum atomic E-state index is 12.7. The fourth-order valence-corrected chi connectivity index (χ4v) is 5.02. The Morgan fingerprint density at radius 3 is 2.29 bits per heavy atom. The summed E-state index contributed by atoms with van der Waals surface area (Å²) in [5.74, 6) is -0.718. The number of hydrogen-bond donors (Lipinski definition) is 0. The van der Waals surface area contributed by atoms with Crippen molar-refractivity contribution in [2.24, 2.45) is 11.8 Å². The second-order valence-electron chi connectivity index (χ2n) is 7.47. The summed E-state index contributed by atoms with van der Waals surface area (Å²) in [6.07, 6.45) is 5.25. The number of benzene rings is 1. The lowest BCUT2D eigenvalue weighted by Crippen LogP contribution is -2.62. The van der Waals surface area contributed by atoms with Crippen molar-refractivity contribution in [3.63, 3.8) is 0 Å². The Hall–Kier alpha value is -2.80. The van der Waals surface area contributed by atoms with E-state index in [9.17, 15) is 14.4 Å². The van der Waals surface area contributed by atoms with Crippen molar-refractivity contribution in [2.75, 3.05) is 13.1 Å². The van der Waals surface area contributed by atoms with E-state index in [-0.39, 0.29) is 35.6 Å². The van der Waals surface area contributed by atoms with Gasteiger partial charge < -0.3 is 4.90 Å². The second-order valence-corrected chi connectivity index (χ2v) is 8.33. The summed E-state index contributed by atoms with van der Waals surface area (Å²) >= 11 is 1.44. The van der Waals surface area contributed by atoms with E-state index in [1.807, 2.05) is 42.5 Å². The van der Waals surface area contributed by atoms with Gasteiger partial charge in [-0.15, -0.1) is 11.3 Å². The van der Waals surface area contributed by atoms with Crippen molar-refractivity contribution in [1.82, 2.24) is 14.8 Å². The van der Waals surface area contributed by atoms with Crippen LogP contribution in [0.1, 0.15) is 23.3 Å². The molecule has 1 aromatic carbocycles. The Balaban J connectivity index is 1.25. The monoisotopic (exact) mass is 393 g/mol. The predicted octanol–water partition coefficient (Wildman–Crippen LogP) is 2.59. The van der Waals surface area contributed by atoms with Crippen LogP contribution in [0.4, 0.5) is 0 Å². The molecule has 0 radical (unpaired) electrons. The molecule has 0 bridgehead atoms. The maximum Gasteiger partial charge on any atom is 0.273 e. The van der Waals surface area contributed by atoms with Crippen LogP contribution in [-0.4, -0.2) is 51.6 Å². The highest BCUT2D eigenvalue weighted by atomic mass is 32.1. The number of imide groups is 1. The number of nitrogens with zero attached hydrogens (tertiary/aromatic N) is 3. The summed E-state index contributed by atoms with van der Waals surface area (Å²) in [6, 6.07) is 9.54. The Bertz CT molecular complexity index is 952. The average Bonchev–Trinajstić information content (AvgIpc) is 3.28. The first-order chi connectivity index (χ1) is 13.6. The Kier molecular flexibility index (Phi) is 4.12. The highest BCUT2D eigenvalue weighted by molar-refractivity contribution is 7.13. The summed E-state index contributed by atoms with van der Waals surface area (Å²) in [7, 11) is 0. The molecule has 0 N–H and O–H groups in total. The van der Waals surface area contributed by atoms with Crippen molar-refractivity contribution in [1.29, 1.82) is 0 Å². The molecule has 142 valence electrons. The van der Waals surface area contributed by atoms with Crippen LogP contribution in [0.2, 0.25) is 0 Å². The van der Waals surface area contributed by atoms with Crippen LogP contribution in [0.15, 0.2) is 47.9 Å². The number of likely N-dealkylation sites (tertiary alicyclic amines) is 2. The van der Waals surface area contributed by atoms with Gasteiger partial charge in [0.15, 0.2) is 0 Å². The minimum absolute atomic E-state index is 0.0727. The number of fused-ring (bicyclic) bond motifs is 1. The summed E-state index contributed by atoms with van der Waals surface area (Å²) in [6.45, 7) is 0.781. The summed E-state index contributed by atoms with van der Waals surface area (Å²) in [5, 5.41) is 2.58.